The number of aliphatic imine (C=N–C) groups is 2. The van der Waals surface area contributed by atoms with Crippen molar-refractivity contribution in [2.24, 2.45) is 44.4 Å². The Kier molecular flexibility index (Phi) is 15.6. The van der Waals surface area contributed by atoms with Crippen LogP contribution >= 0.6 is 0 Å². The smallest absolute Gasteiger partial charge is 0.326 e. The summed E-state index contributed by atoms with van der Waals surface area (Å²) in [5, 5.41) is 25.1. The van der Waals surface area contributed by atoms with Crippen LogP contribution in [-0.2, 0) is 28.8 Å². The van der Waals surface area contributed by atoms with E-state index in [2.05, 4.69) is 25.9 Å². The zero-order valence-corrected chi connectivity index (χ0v) is 21.2. The molecule has 0 fully saturated rings. The van der Waals surface area contributed by atoms with Gasteiger partial charge in [0, 0.05) is 13.1 Å². The highest BCUT2D eigenvalue weighted by Gasteiger charge is 2.31. The van der Waals surface area contributed by atoms with Gasteiger partial charge in [0.15, 0.2) is 11.9 Å². The van der Waals surface area contributed by atoms with Gasteiger partial charge in [-0.05, 0) is 25.7 Å². The topological polar surface area (TPSA) is 360 Å². The summed E-state index contributed by atoms with van der Waals surface area (Å²) in [6, 6.07) is -5.87. The van der Waals surface area contributed by atoms with E-state index in [0.29, 0.717) is 0 Å². The largest absolute Gasteiger partial charge is 0.481 e. The van der Waals surface area contributed by atoms with Crippen molar-refractivity contribution in [2.45, 2.75) is 62.7 Å². The summed E-state index contributed by atoms with van der Waals surface area (Å²) in [6.07, 6.45) is -1.22. The summed E-state index contributed by atoms with van der Waals surface area (Å²) in [5.41, 5.74) is 31.6. The van der Waals surface area contributed by atoms with Crippen LogP contribution in [0.3, 0.4) is 0 Å². The molecule has 39 heavy (non-hydrogen) atoms. The molecule has 0 radical (unpaired) electrons. The van der Waals surface area contributed by atoms with Crippen LogP contribution < -0.4 is 50.4 Å². The number of amides is 4. The number of hydrogen-bond acceptors (Lipinski definition) is 9. The fourth-order valence-corrected chi connectivity index (χ4v) is 3.05. The molecule has 0 saturated carbocycles. The van der Waals surface area contributed by atoms with Crippen molar-refractivity contribution in [1.82, 2.24) is 16.0 Å². The van der Waals surface area contributed by atoms with Gasteiger partial charge in [-0.3, -0.25) is 34.0 Å². The minimum Gasteiger partial charge on any atom is -0.481 e. The number of nitrogens with one attached hydrogen (secondary N) is 3. The molecule has 4 amide bonds. The van der Waals surface area contributed by atoms with Gasteiger partial charge in [0.05, 0.1) is 18.9 Å². The van der Waals surface area contributed by atoms with Gasteiger partial charge in [0.2, 0.25) is 23.6 Å². The van der Waals surface area contributed by atoms with E-state index < -0.39 is 72.6 Å². The number of carboxylic acid groups (broad SMARTS) is 2. The number of rotatable bonds is 19. The van der Waals surface area contributed by atoms with E-state index in [1.807, 2.05) is 0 Å². The lowest BCUT2D eigenvalue weighted by Crippen LogP contribution is -2.57. The fraction of sp³-hybridized carbons (Fsp3) is 0.600. The van der Waals surface area contributed by atoms with Crippen LogP contribution in [0.2, 0.25) is 0 Å². The van der Waals surface area contributed by atoms with Gasteiger partial charge in [0.1, 0.15) is 18.1 Å². The maximum Gasteiger partial charge on any atom is 0.326 e. The van der Waals surface area contributed by atoms with Crippen LogP contribution in [0.5, 0.6) is 0 Å². The van der Waals surface area contributed by atoms with E-state index in [1.54, 1.807) is 0 Å². The van der Waals surface area contributed by atoms with Crippen LogP contribution in [0.25, 0.3) is 0 Å². The fourth-order valence-electron chi connectivity index (χ4n) is 3.05. The minimum atomic E-state index is -1.61. The van der Waals surface area contributed by atoms with Crippen molar-refractivity contribution in [3.8, 4) is 0 Å². The summed E-state index contributed by atoms with van der Waals surface area (Å²) < 4.78 is 0. The van der Waals surface area contributed by atoms with Gasteiger partial charge in [-0.2, -0.15) is 0 Å². The highest BCUT2D eigenvalue weighted by atomic mass is 16.4. The lowest BCUT2D eigenvalue weighted by molar-refractivity contribution is -0.142. The van der Waals surface area contributed by atoms with Gasteiger partial charge in [0.25, 0.3) is 0 Å². The van der Waals surface area contributed by atoms with E-state index in [0.717, 1.165) is 0 Å². The normalized spacial score (nSPS) is 13.5. The molecule has 0 aromatic heterocycles. The molecule has 17 N–H and O–H groups in total. The Morgan fingerprint density at radius 1 is 0.641 bits per heavy atom. The predicted octanol–water partition coefficient (Wildman–Crippen LogP) is -5.69. The lowest BCUT2D eigenvalue weighted by atomic mass is 10.1. The van der Waals surface area contributed by atoms with Crippen molar-refractivity contribution in [2.75, 3.05) is 13.1 Å². The number of carbonyl (C=O) groups is 6. The number of nitrogens with zero attached hydrogens (tertiary/aromatic N) is 2. The van der Waals surface area contributed by atoms with E-state index in [4.69, 9.17) is 39.5 Å². The number of carboxylic acids is 2. The average molecular weight is 560 g/mol. The summed E-state index contributed by atoms with van der Waals surface area (Å²) in [6.45, 7) is 0.174. The Balaban J connectivity index is 5.67. The van der Waals surface area contributed by atoms with Gasteiger partial charge in [-0.1, -0.05) is 0 Å². The summed E-state index contributed by atoms with van der Waals surface area (Å²) in [7, 11) is 0. The van der Waals surface area contributed by atoms with E-state index >= 15 is 0 Å². The van der Waals surface area contributed by atoms with Crippen LogP contribution in [-0.4, -0.2) is 95.0 Å². The van der Waals surface area contributed by atoms with E-state index in [-0.39, 0.29) is 50.7 Å². The molecule has 0 saturated heterocycles. The van der Waals surface area contributed by atoms with Crippen molar-refractivity contribution in [3.63, 3.8) is 0 Å². The Morgan fingerprint density at radius 3 is 1.51 bits per heavy atom. The molecular weight excluding hydrogens is 522 g/mol. The first-order valence-corrected chi connectivity index (χ1v) is 11.6. The van der Waals surface area contributed by atoms with Gasteiger partial charge < -0.3 is 60.6 Å². The Hall–Kier alpha value is -4.68. The average Bonchev–Trinajstić information content (AvgIpc) is 2.80. The summed E-state index contributed by atoms with van der Waals surface area (Å²) in [5.74, 6) is -7.12. The molecule has 4 atom stereocenters. The van der Waals surface area contributed by atoms with E-state index in [1.165, 1.54) is 0 Å². The molecule has 0 spiro atoms. The number of hydrogen-bond donors (Lipinski definition) is 11. The number of primary amides is 1. The molecule has 0 aromatic rings. The van der Waals surface area contributed by atoms with E-state index in [9.17, 15) is 33.9 Å². The second-order valence-corrected chi connectivity index (χ2v) is 8.29. The highest BCUT2D eigenvalue weighted by Crippen LogP contribution is 2.05. The number of guanidine groups is 2. The maximum atomic E-state index is 13.0. The van der Waals surface area contributed by atoms with Gasteiger partial charge >= 0.3 is 11.9 Å². The minimum absolute atomic E-state index is 0.0473. The SMILES string of the molecule is NC(=O)CC(NC(=O)C(N)CC(=O)O)C(=O)NC(CCCN=C(N)N)C(=O)NC(CCCN=C(N)N)C(=O)O. The first kappa shape index (κ1) is 34.3. The van der Waals surface area contributed by atoms with Gasteiger partial charge in [-0.25, -0.2) is 4.79 Å². The lowest BCUT2D eigenvalue weighted by Gasteiger charge is -2.24. The maximum absolute atomic E-state index is 13.0. The zero-order chi connectivity index (χ0) is 30.1. The number of aliphatic carboxylic acids is 2. The standard InChI is InChI=1S/C20H37N11O8/c21-9(7-14(33)34)15(35)31-12(8-13(22)32)17(37)29-10(3-1-5-27-19(23)24)16(36)30-11(18(38)39)4-2-6-28-20(25)26/h9-12H,1-8,21H2,(H2,22,32)(H,29,37)(H,30,36)(H,31,35)(H,33,34)(H,38,39)(H4,23,24,27)(H4,25,26,28). The molecular formula is C20H37N11O8. The van der Waals surface area contributed by atoms with Crippen LogP contribution in [0, 0.1) is 0 Å². The number of carbonyl (C=O) groups excluding carboxylic acids is 4. The van der Waals surface area contributed by atoms with Gasteiger partial charge in [-0.15, -0.1) is 0 Å². The zero-order valence-electron chi connectivity index (χ0n) is 21.2. The molecule has 220 valence electrons. The Bertz CT molecular complexity index is 948. The molecule has 19 nitrogen and oxygen atoms in total. The Morgan fingerprint density at radius 2 is 1.08 bits per heavy atom. The third kappa shape index (κ3) is 15.9. The van der Waals surface area contributed by atoms with Crippen molar-refractivity contribution >= 4 is 47.5 Å². The monoisotopic (exact) mass is 559 g/mol. The van der Waals surface area contributed by atoms with Crippen LogP contribution in [0.1, 0.15) is 38.5 Å². The van der Waals surface area contributed by atoms with Crippen molar-refractivity contribution in [1.29, 1.82) is 0 Å². The van der Waals surface area contributed by atoms with Crippen molar-refractivity contribution < 1.29 is 39.0 Å². The first-order valence-electron chi connectivity index (χ1n) is 11.6. The quantitative estimate of drug-likeness (QED) is 0.0399. The third-order valence-corrected chi connectivity index (χ3v) is 4.91. The molecule has 0 heterocycles. The molecule has 0 rings (SSSR count). The summed E-state index contributed by atoms with van der Waals surface area (Å²) in [4.78, 5) is 79.5. The first-order chi connectivity index (χ1) is 18.1. The molecule has 0 aliphatic rings. The molecule has 0 aromatic carbocycles. The third-order valence-electron chi connectivity index (χ3n) is 4.91. The molecule has 4 unspecified atom stereocenters. The molecule has 0 bridgehead atoms. The van der Waals surface area contributed by atoms with Crippen LogP contribution in [0.15, 0.2) is 9.98 Å². The number of nitrogens with two attached hydrogens (primary N) is 6. The summed E-state index contributed by atoms with van der Waals surface area (Å²) >= 11 is 0. The Labute approximate surface area is 223 Å². The molecule has 0 aliphatic heterocycles. The second-order valence-electron chi connectivity index (χ2n) is 8.29. The second kappa shape index (κ2) is 17.7. The highest BCUT2D eigenvalue weighted by molar-refractivity contribution is 5.96. The van der Waals surface area contributed by atoms with Crippen LogP contribution in [0.4, 0.5) is 0 Å². The molecule has 0 aliphatic carbocycles. The predicted molar refractivity (Wildman–Crippen MR) is 137 cm³/mol. The molecule has 19 heteroatoms. The van der Waals surface area contributed by atoms with Crippen molar-refractivity contribution in [3.05, 3.63) is 0 Å².